The zero-order valence-electron chi connectivity index (χ0n) is 14.0. The molecule has 1 N–H and O–H groups in total. The highest BCUT2D eigenvalue weighted by Gasteiger charge is 2.72. The average molecular weight is 376 g/mol. The number of hydrogen-bond donors (Lipinski definition) is 1. The quantitative estimate of drug-likeness (QED) is 0.597. The van der Waals surface area contributed by atoms with Crippen LogP contribution < -0.4 is 4.74 Å². The van der Waals surface area contributed by atoms with E-state index in [-0.39, 0.29) is 11.1 Å². The second-order valence-electron chi connectivity index (χ2n) is 5.95. The lowest BCUT2D eigenvalue weighted by Gasteiger charge is -2.39. The summed E-state index contributed by atoms with van der Waals surface area (Å²) in [6.07, 6.45) is -4.99. The summed E-state index contributed by atoms with van der Waals surface area (Å²) in [4.78, 5) is 0. The van der Waals surface area contributed by atoms with Gasteiger partial charge in [0.15, 0.2) is 5.60 Å². The first-order chi connectivity index (χ1) is 12.8. The van der Waals surface area contributed by atoms with Crippen LogP contribution in [0.3, 0.4) is 0 Å². The molecule has 0 aromatic heterocycles. The summed E-state index contributed by atoms with van der Waals surface area (Å²) >= 11 is 0. The Morgan fingerprint density at radius 2 is 0.963 bits per heavy atom. The molecule has 0 fully saturated rings. The van der Waals surface area contributed by atoms with Crippen molar-refractivity contribution in [3.63, 3.8) is 0 Å². The maximum Gasteiger partial charge on any atom is 0.468 e. The number of hydrogen-bond acceptors (Lipinski definition) is 2. The van der Waals surface area contributed by atoms with Crippen molar-refractivity contribution in [2.75, 3.05) is 0 Å². The molecule has 6 heteroatoms. The van der Waals surface area contributed by atoms with Crippen LogP contribution in [0.4, 0.5) is 17.6 Å². The topological polar surface area (TPSA) is 29.5 Å². The predicted molar refractivity (Wildman–Crippen MR) is 92.8 cm³/mol. The van der Waals surface area contributed by atoms with Gasteiger partial charge in [0.2, 0.25) is 0 Å². The first-order valence-electron chi connectivity index (χ1n) is 8.12. The summed E-state index contributed by atoms with van der Waals surface area (Å²) in [6.45, 7) is 0. The van der Waals surface area contributed by atoms with Gasteiger partial charge in [-0.3, -0.25) is 0 Å². The van der Waals surface area contributed by atoms with Gasteiger partial charge in [0.25, 0.3) is 0 Å². The van der Waals surface area contributed by atoms with Crippen LogP contribution in [0.25, 0.3) is 0 Å². The standard InChI is InChI=1S/C21H16F4O2/c22-20(23,21(24,25)27-18-14-8-3-9-15-18)19(26,16-10-4-1-5-11-16)17-12-6-2-7-13-17/h1-15,26H. The van der Waals surface area contributed by atoms with Crippen molar-refractivity contribution in [2.45, 2.75) is 17.6 Å². The van der Waals surface area contributed by atoms with Crippen LogP contribution in [0.5, 0.6) is 5.75 Å². The molecule has 140 valence electrons. The van der Waals surface area contributed by atoms with E-state index < -0.39 is 23.4 Å². The molecule has 27 heavy (non-hydrogen) atoms. The van der Waals surface area contributed by atoms with Crippen LogP contribution in [0.2, 0.25) is 0 Å². The minimum Gasteiger partial charge on any atom is -0.428 e. The Bertz CT molecular complexity index is 829. The van der Waals surface area contributed by atoms with E-state index in [4.69, 9.17) is 0 Å². The van der Waals surface area contributed by atoms with Crippen molar-refractivity contribution in [3.8, 4) is 5.75 Å². The molecule has 0 atom stereocenters. The van der Waals surface area contributed by atoms with Crippen molar-refractivity contribution in [3.05, 3.63) is 102 Å². The number of rotatable bonds is 6. The monoisotopic (exact) mass is 376 g/mol. The minimum atomic E-state index is -4.99. The Balaban J connectivity index is 2.13. The molecule has 0 saturated carbocycles. The van der Waals surface area contributed by atoms with Crippen LogP contribution >= 0.6 is 0 Å². The molecule has 0 heterocycles. The van der Waals surface area contributed by atoms with Gasteiger partial charge in [-0.2, -0.15) is 17.6 Å². The molecule has 0 aliphatic carbocycles. The van der Waals surface area contributed by atoms with Crippen molar-refractivity contribution >= 4 is 0 Å². The van der Waals surface area contributed by atoms with Gasteiger partial charge in [0.05, 0.1) is 0 Å². The van der Waals surface area contributed by atoms with Crippen LogP contribution in [0.1, 0.15) is 11.1 Å². The van der Waals surface area contributed by atoms with Crippen molar-refractivity contribution < 1.29 is 27.4 Å². The third-order valence-electron chi connectivity index (χ3n) is 4.19. The summed E-state index contributed by atoms with van der Waals surface area (Å²) in [5.41, 5.74) is -4.07. The van der Waals surface area contributed by atoms with Gasteiger partial charge in [-0.25, -0.2) is 0 Å². The number of alkyl halides is 4. The van der Waals surface area contributed by atoms with Gasteiger partial charge < -0.3 is 9.84 Å². The molecule has 3 rings (SSSR count). The fourth-order valence-electron chi connectivity index (χ4n) is 2.80. The molecule has 0 bridgehead atoms. The van der Waals surface area contributed by atoms with Gasteiger partial charge in [-0.1, -0.05) is 78.9 Å². The number of para-hydroxylation sites is 1. The Labute approximate surface area is 153 Å². The molecule has 0 spiro atoms. The molecule has 0 radical (unpaired) electrons. The third kappa shape index (κ3) is 3.28. The maximum absolute atomic E-state index is 15.2. The molecule has 2 nitrogen and oxygen atoms in total. The van der Waals surface area contributed by atoms with E-state index in [0.717, 1.165) is 12.1 Å². The Kier molecular flexibility index (Phi) is 4.93. The molecular formula is C21H16F4O2. The number of benzene rings is 3. The van der Waals surface area contributed by atoms with E-state index in [0.29, 0.717) is 0 Å². The summed E-state index contributed by atoms with van der Waals surface area (Å²) in [5.74, 6) is -5.43. The van der Waals surface area contributed by atoms with Crippen molar-refractivity contribution in [2.24, 2.45) is 0 Å². The van der Waals surface area contributed by atoms with E-state index >= 15 is 8.78 Å². The first kappa shape index (κ1) is 18.9. The van der Waals surface area contributed by atoms with Gasteiger partial charge in [-0.05, 0) is 23.3 Å². The highest BCUT2D eigenvalue weighted by Crippen LogP contribution is 2.51. The molecule has 0 amide bonds. The fraction of sp³-hybridized carbons (Fsp3) is 0.143. The third-order valence-corrected chi connectivity index (χ3v) is 4.19. The molecule has 0 aliphatic heterocycles. The number of aliphatic hydroxyl groups is 1. The number of halogens is 4. The zero-order chi connectivity index (χ0) is 19.5. The van der Waals surface area contributed by atoms with Gasteiger partial charge in [-0.15, -0.1) is 0 Å². The summed E-state index contributed by atoms with van der Waals surface area (Å²) in [7, 11) is 0. The second kappa shape index (κ2) is 7.04. The highest BCUT2D eigenvalue weighted by molar-refractivity contribution is 5.40. The lowest BCUT2D eigenvalue weighted by atomic mass is 9.80. The van der Waals surface area contributed by atoms with E-state index in [2.05, 4.69) is 4.74 Å². The summed E-state index contributed by atoms with van der Waals surface area (Å²) in [5, 5.41) is 11.0. The van der Waals surface area contributed by atoms with Gasteiger partial charge in [0, 0.05) is 0 Å². The number of ether oxygens (including phenoxy) is 1. The van der Waals surface area contributed by atoms with Crippen LogP contribution in [0, 0.1) is 0 Å². The predicted octanol–water partition coefficient (Wildman–Crippen LogP) is 5.23. The van der Waals surface area contributed by atoms with E-state index in [9.17, 15) is 13.9 Å². The van der Waals surface area contributed by atoms with Crippen LogP contribution in [0.15, 0.2) is 91.0 Å². The summed E-state index contributed by atoms with van der Waals surface area (Å²) < 4.78 is 63.9. The molecule has 0 unspecified atom stereocenters. The fourth-order valence-corrected chi connectivity index (χ4v) is 2.80. The SMILES string of the molecule is OC(c1ccccc1)(c1ccccc1)C(F)(F)C(F)(F)Oc1ccccc1. The second-order valence-corrected chi connectivity index (χ2v) is 5.95. The van der Waals surface area contributed by atoms with E-state index in [1.165, 1.54) is 78.9 Å². The lowest BCUT2D eigenvalue weighted by molar-refractivity contribution is -0.356. The Morgan fingerprint density at radius 3 is 1.37 bits per heavy atom. The Morgan fingerprint density at radius 1 is 0.593 bits per heavy atom. The molecule has 3 aromatic rings. The lowest BCUT2D eigenvalue weighted by Crippen LogP contribution is -2.59. The Hall–Kier alpha value is -2.86. The molecule has 3 aromatic carbocycles. The average Bonchev–Trinajstić information content (AvgIpc) is 2.69. The normalized spacial score (nSPS) is 12.6. The summed E-state index contributed by atoms with van der Waals surface area (Å²) in [6, 6.07) is 19.8. The largest absolute Gasteiger partial charge is 0.468 e. The smallest absolute Gasteiger partial charge is 0.428 e. The highest BCUT2D eigenvalue weighted by atomic mass is 19.3. The maximum atomic E-state index is 15.2. The molecule has 0 saturated heterocycles. The first-order valence-corrected chi connectivity index (χ1v) is 8.12. The van der Waals surface area contributed by atoms with Crippen molar-refractivity contribution in [1.82, 2.24) is 0 Å². The van der Waals surface area contributed by atoms with Crippen LogP contribution in [-0.2, 0) is 5.60 Å². The molecular weight excluding hydrogens is 360 g/mol. The van der Waals surface area contributed by atoms with E-state index in [1.807, 2.05) is 0 Å². The van der Waals surface area contributed by atoms with Gasteiger partial charge in [0.1, 0.15) is 5.75 Å². The molecule has 0 aliphatic rings. The van der Waals surface area contributed by atoms with E-state index in [1.54, 1.807) is 0 Å². The van der Waals surface area contributed by atoms with Crippen LogP contribution in [-0.4, -0.2) is 17.1 Å². The zero-order valence-corrected chi connectivity index (χ0v) is 14.0. The minimum absolute atomic E-state index is 0.377. The van der Waals surface area contributed by atoms with Gasteiger partial charge >= 0.3 is 12.0 Å². The van der Waals surface area contributed by atoms with Crippen molar-refractivity contribution in [1.29, 1.82) is 0 Å².